The van der Waals surface area contributed by atoms with Crippen LogP contribution in [0.3, 0.4) is 0 Å². The highest BCUT2D eigenvalue weighted by Crippen LogP contribution is 2.33. The van der Waals surface area contributed by atoms with E-state index >= 15 is 0 Å². The van der Waals surface area contributed by atoms with Gasteiger partial charge in [0.25, 0.3) is 0 Å². The highest BCUT2D eigenvalue weighted by molar-refractivity contribution is 6.26. The van der Waals surface area contributed by atoms with Crippen molar-refractivity contribution < 1.29 is 9.53 Å². The van der Waals surface area contributed by atoms with Gasteiger partial charge in [-0.15, -0.1) is 0 Å². The van der Waals surface area contributed by atoms with Crippen molar-refractivity contribution in [1.29, 1.82) is 0 Å². The van der Waals surface area contributed by atoms with Crippen LogP contribution < -0.4 is 0 Å². The number of nitrogens with zero attached hydrogens (tertiary/aromatic N) is 2. The minimum absolute atomic E-state index is 0.399. The van der Waals surface area contributed by atoms with Crippen LogP contribution in [-0.2, 0) is 4.74 Å². The highest BCUT2D eigenvalue weighted by Gasteiger charge is 2.19. The number of carbonyl (C=O) groups is 1. The van der Waals surface area contributed by atoms with E-state index < -0.39 is 5.97 Å². The number of esters is 1. The minimum Gasteiger partial charge on any atom is -0.465 e. The SMILES string of the molecule is [C-]#[N+]c1ccc(C(=O)OC)cc1C1=C(C)CN=C1C. The minimum atomic E-state index is -0.399. The standard InChI is InChI=1S/C15H14N2O2/c1-9-8-17-10(2)14(9)12-7-11(15(18)19-4)5-6-13(12)16-3/h5-7H,8H2,1-2,4H3. The monoisotopic (exact) mass is 254 g/mol. The number of allylic oxidation sites excluding steroid dienone is 1. The summed E-state index contributed by atoms with van der Waals surface area (Å²) >= 11 is 0. The number of ether oxygens (including phenoxy) is 1. The molecule has 0 atom stereocenters. The van der Waals surface area contributed by atoms with Crippen LogP contribution in [0.2, 0.25) is 0 Å². The number of hydrogen-bond acceptors (Lipinski definition) is 3. The van der Waals surface area contributed by atoms with Gasteiger partial charge >= 0.3 is 5.97 Å². The van der Waals surface area contributed by atoms with Gasteiger partial charge in [-0.2, -0.15) is 0 Å². The Hall–Kier alpha value is -2.41. The predicted molar refractivity (Wildman–Crippen MR) is 74.6 cm³/mol. The maximum atomic E-state index is 11.6. The summed E-state index contributed by atoms with van der Waals surface area (Å²) < 4.78 is 4.72. The molecule has 4 heteroatoms. The highest BCUT2D eigenvalue weighted by atomic mass is 16.5. The van der Waals surface area contributed by atoms with Crippen molar-refractivity contribution in [2.45, 2.75) is 13.8 Å². The second kappa shape index (κ2) is 5.07. The third-order valence-electron chi connectivity index (χ3n) is 3.15. The molecule has 0 bridgehead atoms. The summed E-state index contributed by atoms with van der Waals surface area (Å²) in [5.74, 6) is -0.399. The number of carbonyl (C=O) groups excluding carboxylic acids is 1. The molecule has 1 aromatic carbocycles. The summed E-state index contributed by atoms with van der Waals surface area (Å²) in [6.07, 6.45) is 0. The van der Waals surface area contributed by atoms with Crippen LogP contribution in [0.1, 0.15) is 29.8 Å². The fourth-order valence-corrected chi connectivity index (χ4v) is 2.21. The number of benzene rings is 1. The summed E-state index contributed by atoms with van der Waals surface area (Å²) in [7, 11) is 1.34. The van der Waals surface area contributed by atoms with Crippen LogP contribution in [-0.4, -0.2) is 25.3 Å². The molecular formula is C15H14N2O2. The molecule has 2 rings (SSSR count). The lowest BCUT2D eigenvalue weighted by Gasteiger charge is -2.10. The molecule has 0 unspecified atom stereocenters. The molecule has 1 aliphatic heterocycles. The maximum Gasteiger partial charge on any atom is 0.337 e. The lowest BCUT2D eigenvalue weighted by molar-refractivity contribution is 0.0600. The molecule has 0 radical (unpaired) electrons. The molecule has 0 spiro atoms. The van der Waals surface area contributed by atoms with Gasteiger partial charge in [0.2, 0.25) is 0 Å². The summed E-state index contributed by atoms with van der Waals surface area (Å²) in [6.45, 7) is 11.8. The zero-order valence-electron chi connectivity index (χ0n) is 11.2. The van der Waals surface area contributed by atoms with Gasteiger partial charge in [-0.3, -0.25) is 4.99 Å². The van der Waals surface area contributed by atoms with Gasteiger partial charge in [0, 0.05) is 5.71 Å². The van der Waals surface area contributed by atoms with Crippen LogP contribution in [0.4, 0.5) is 5.69 Å². The van der Waals surface area contributed by atoms with Gasteiger partial charge in [-0.05, 0) is 30.6 Å². The predicted octanol–water partition coefficient (Wildman–Crippen LogP) is 3.27. The third-order valence-corrected chi connectivity index (χ3v) is 3.15. The molecule has 1 aliphatic rings. The quantitative estimate of drug-likeness (QED) is 0.600. The maximum absolute atomic E-state index is 11.6. The molecule has 1 aromatic rings. The topological polar surface area (TPSA) is 43.0 Å². The van der Waals surface area contributed by atoms with E-state index in [1.807, 2.05) is 13.8 Å². The number of aliphatic imine (C=N–C) groups is 1. The fourth-order valence-electron chi connectivity index (χ4n) is 2.21. The van der Waals surface area contributed by atoms with Crippen molar-refractivity contribution in [2.24, 2.45) is 4.99 Å². The average Bonchev–Trinajstić information content (AvgIpc) is 2.76. The first-order valence-electron chi connectivity index (χ1n) is 5.90. The molecule has 0 N–H and O–H groups in total. The van der Waals surface area contributed by atoms with Gasteiger partial charge in [-0.25, -0.2) is 9.64 Å². The molecule has 19 heavy (non-hydrogen) atoms. The second-order valence-electron chi connectivity index (χ2n) is 4.39. The Morgan fingerprint density at radius 1 is 1.42 bits per heavy atom. The average molecular weight is 254 g/mol. The van der Waals surface area contributed by atoms with Crippen LogP contribution in [0.5, 0.6) is 0 Å². The van der Waals surface area contributed by atoms with E-state index in [2.05, 4.69) is 9.84 Å². The Balaban J connectivity index is 2.62. The van der Waals surface area contributed by atoms with E-state index in [-0.39, 0.29) is 0 Å². The normalized spacial score (nSPS) is 14.1. The molecule has 1 heterocycles. The first kappa shape index (κ1) is 13.0. The molecule has 0 aliphatic carbocycles. The summed E-state index contributed by atoms with van der Waals surface area (Å²) in [4.78, 5) is 19.5. The number of methoxy groups -OCH3 is 1. The number of hydrogen-bond donors (Lipinski definition) is 0. The molecule has 0 amide bonds. The molecule has 0 saturated carbocycles. The Morgan fingerprint density at radius 2 is 2.16 bits per heavy atom. The van der Waals surface area contributed by atoms with Crippen LogP contribution >= 0.6 is 0 Å². The van der Waals surface area contributed by atoms with Crippen LogP contribution in [0.15, 0.2) is 28.8 Å². The van der Waals surface area contributed by atoms with E-state index in [9.17, 15) is 4.79 Å². The largest absolute Gasteiger partial charge is 0.465 e. The smallest absolute Gasteiger partial charge is 0.337 e. The van der Waals surface area contributed by atoms with E-state index in [1.165, 1.54) is 7.11 Å². The zero-order valence-corrected chi connectivity index (χ0v) is 11.2. The van der Waals surface area contributed by atoms with E-state index in [0.717, 1.165) is 22.4 Å². The fraction of sp³-hybridized carbons (Fsp3) is 0.267. The van der Waals surface area contributed by atoms with E-state index in [0.29, 0.717) is 17.8 Å². The first-order valence-corrected chi connectivity index (χ1v) is 5.90. The van der Waals surface area contributed by atoms with Crippen LogP contribution in [0.25, 0.3) is 10.4 Å². The van der Waals surface area contributed by atoms with Gasteiger partial charge in [-0.1, -0.05) is 18.2 Å². The van der Waals surface area contributed by atoms with Gasteiger partial charge in [0.1, 0.15) is 0 Å². The van der Waals surface area contributed by atoms with E-state index in [4.69, 9.17) is 11.3 Å². The van der Waals surface area contributed by atoms with Crippen molar-refractivity contribution in [3.63, 3.8) is 0 Å². The van der Waals surface area contributed by atoms with Crippen molar-refractivity contribution in [2.75, 3.05) is 13.7 Å². The van der Waals surface area contributed by atoms with Crippen molar-refractivity contribution in [3.05, 3.63) is 46.3 Å². The number of rotatable bonds is 2. The molecule has 0 saturated heterocycles. The van der Waals surface area contributed by atoms with Crippen molar-refractivity contribution in [1.82, 2.24) is 0 Å². The Labute approximate surface area is 112 Å². The van der Waals surface area contributed by atoms with Crippen LogP contribution in [0, 0.1) is 6.57 Å². The lowest BCUT2D eigenvalue weighted by atomic mass is 9.95. The van der Waals surface area contributed by atoms with Crippen molar-refractivity contribution >= 4 is 22.9 Å². The first-order chi connectivity index (χ1) is 9.08. The molecule has 96 valence electrons. The Bertz CT molecular complexity index is 649. The summed E-state index contributed by atoms with van der Waals surface area (Å²) in [5.41, 5.74) is 4.73. The van der Waals surface area contributed by atoms with Gasteiger partial charge in [0.05, 0.1) is 25.8 Å². The molecule has 0 aromatic heterocycles. The van der Waals surface area contributed by atoms with Gasteiger partial charge < -0.3 is 4.74 Å². The summed E-state index contributed by atoms with van der Waals surface area (Å²) in [6, 6.07) is 4.98. The molecule has 4 nitrogen and oxygen atoms in total. The Kier molecular flexibility index (Phi) is 3.48. The molecule has 0 fully saturated rings. The summed E-state index contributed by atoms with van der Waals surface area (Å²) in [5, 5.41) is 0. The lowest BCUT2D eigenvalue weighted by Crippen LogP contribution is -2.03. The van der Waals surface area contributed by atoms with Crippen molar-refractivity contribution in [3.8, 4) is 0 Å². The van der Waals surface area contributed by atoms with Gasteiger partial charge in [0.15, 0.2) is 5.69 Å². The second-order valence-corrected chi connectivity index (χ2v) is 4.39. The van der Waals surface area contributed by atoms with E-state index in [1.54, 1.807) is 18.2 Å². The molecular weight excluding hydrogens is 240 g/mol. The Morgan fingerprint density at radius 3 is 2.68 bits per heavy atom. The zero-order chi connectivity index (χ0) is 14.0. The third kappa shape index (κ3) is 2.27.